The third-order valence-corrected chi connectivity index (χ3v) is 19.0. The molecule has 10 heterocycles. The zero-order chi connectivity index (χ0) is 59.4. The van der Waals surface area contributed by atoms with Gasteiger partial charge in [0.05, 0.1) is 50.8 Å². The van der Waals surface area contributed by atoms with Gasteiger partial charge in [0.25, 0.3) is 16.7 Å². The van der Waals surface area contributed by atoms with Crippen LogP contribution in [-0.4, -0.2) is 153 Å². The molecule has 0 aliphatic carbocycles. The highest BCUT2D eigenvalue weighted by molar-refractivity contribution is 8.39. The summed E-state index contributed by atoms with van der Waals surface area (Å²) in [7, 11) is -2.46. The van der Waals surface area contributed by atoms with Crippen LogP contribution in [0.3, 0.4) is 0 Å². The lowest BCUT2D eigenvalue weighted by molar-refractivity contribution is -0.0554. The molecule has 4 aliphatic rings. The zero-order valence-electron chi connectivity index (χ0n) is 42.8. The monoisotopic (exact) mass is 1320 g/mol. The predicted molar refractivity (Wildman–Crippen MR) is 299 cm³/mol. The van der Waals surface area contributed by atoms with Gasteiger partial charge >= 0.3 is 38.8 Å². The van der Waals surface area contributed by atoms with E-state index in [1.54, 1.807) is 4.57 Å². The number of aliphatic hydroxyl groups excluding tert-OH is 1. The second kappa shape index (κ2) is 24.8. The number of H-pyrrole nitrogens is 3. The Labute approximate surface area is 485 Å². The van der Waals surface area contributed by atoms with E-state index in [0.717, 1.165) is 9.13 Å². The number of anilines is 2. The molecule has 450 valence electrons. The number of fused-ring (bicyclic) bond motifs is 2. The summed E-state index contributed by atoms with van der Waals surface area (Å²) in [5.41, 5.74) is 9.02. The molecule has 4 saturated heterocycles. The van der Waals surface area contributed by atoms with E-state index in [4.69, 9.17) is 97.5 Å². The fraction of sp³-hybridized carbons (Fsp3) is 0.550. The number of hydrogen-bond donors (Lipinski definition) is 10. The number of aromatic amines is 3. The smallest absolute Gasteiger partial charge is 0.390 e. The van der Waals surface area contributed by atoms with Crippen LogP contribution < -0.4 is 39.5 Å². The van der Waals surface area contributed by atoms with Crippen LogP contribution in [0.2, 0.25) is 0 Å². The Morgan fingerprint density at radius 3 is 1.57 bits per heavy atom. The Morgan fingerprint density at radius 1 is 0.627 bits per heavy atom. The normalized spacial score (nSPS) is 28.9. The summed E-state index contributed by atoms with van der Waals surface area (Å²) in [5.74, 6) is -0.117. The predicted octanol–water partition coefficient (Wildman–Crippen LogP) is -0.188. The van der Waals surface area contributed by atoms with E-state index in [1.165, 1.54) is 49.8 Å². The molecule has 0 spiro atoms. The number of imidazole rings is 2. The molecule has 16 atom stereocenters. The van der Waals surface area contributed by atoms with Crippen LogP contribution in [0.5, 0.6) is 0 Å². The summed E-state index contributed by atoms with van der Waals surface area (Å²) in [6, 6.07) is 0. The molecule has 6 aromatic rings. The quantitative estimate of drug-likeness (QED) is 0.0311. The number of aromatic nitrogens is 12. The van der Waals surface area contributed by atoms with E-state index in [9.17, 15) is 48.3 Å². The molecule has 10 rings (SSSR count). The number of nitrogens with two attached hydrogens (primary N) is 2. The van der Waals surface area contributed by atoms with Crippen molar-refractivity contribution in [3.63, 3.8) is 0 Å². The Bertz CT molecular complexity index is 3920. The van der Waals surface area contributed by atoms with E-state index >= 15 is 0 Å². The maximum Gasteiger partial charge on any atom is 0.582 e. The molecule has 83 heavy (non-hydrogen) atoms. The summed E-state index contributed by atoms with van der Waals surface area (Å²) in [6.07, 6.45) is -7.99. The van der Waals surface area contributed by atoms with E-state index in [2.05, 4.69) is 52.1 Å². The second-order valence-corrected chi connectivity index (χ2v) is 29.2. The number of rotatable bonds is 22. The van der Waals surface area contributed by atoms with Crippen molar-refractivity contribution in [2.24, 2.45) is 0 Å². The molecular formula is C40H51N14O21P4S4+. The highest BCUT2D eigenvalue weighted by atomic mass is 32.7. The average molecular weight is 1320 g/mol. The van der Waals surface area contributed by atoms with Crippen LogP contribution in [0.4, 0.5) is 11.8 Å². The summed E-state index contributed by atoms with van der Waals surface area (Å²) in [5, 5.41) is 11.0. The Balaban J connectivity index is 0.843. The molecule has 0 saturated carbocycles. The van der Waals surface area contributed by atoms with Gasteiger partial charge in [-0.05, 0) is 53.8 Å². The number of aryl methyl sites for hydroxylation is 2. The number of ether oxygens (including phenoxy) is 4. The van der Waals surface area contributed by atoms with Gasteiger partial charge in [-0.2, -0.15) is 4.98 Å². The molecular weight excluding hydrogens is 1260 g/mol. The van der Waals surface area contributed by atoms with Gasteiger partial charge in [-0.1, -0.05) is 0 Å². The van der Waals surface area contributed by atoms with Gasteiger partial charge in [-0.3, -0.25) is 47.6 Å². The minimum Gasteiger partial charge on any atom is -0.390 e. The molecule has 43 heteroatoms. The Morgan fingerprint density at radius 2 is 1.06 bits per heavy atom. The molecule has 0 aromatic carbocycles. The van der Waals surface area contributed by atoms with E-state index in [1.807, 2.05) is 0 Å². The van der Waals surface area contributed by atoms with Crippen LogP contribution in [0.15, 0.2) is 55.3 Å². The van der Waals surface area contributed by atoms with Gasteiger partial charge in [-0.25, -0.2) is 29.5 Å². The third-order valence-electron chi connectivity index (χ3n) is 13.5. The average Bonchev–Trinajstić information content (AvgIpc) is 3.47. The first kappa shape index (κ1) is 61.7. The highest BCUT2D eigenvalue weighted by Gasteiger charge is 2.47. The lowest BCUT2D eigenvalue weighted by atomic mass is 10.2. The van der Waals surface area contributed by atoms with Crippen molar-refractivity contribution in [1.82, 2.24) is 58.1 Å². The maximum atomic E-state index is 13.1. The number of thiol groups is 1. The molecule has 35 nitrogen and oxygen atoms in total. The van der Waals surface area contributed by atoms with Crippen molar-refractivity contribution in [1.29, 1.82) is 0 Å². The molecule has 4 aliphatic heterocycles. The minimum atomic E-state index is -4.50. The SMILES string of the molecule is Cc1cn(C2CC(OP(O)(=S)OCC3OC(n4cnc5c(=O)[nH]c(N)nc54)CC3OP(O)(=S)OCC3OC(n4cc(C)c(=O)[nH]c4=O)CC3OP(O)(=S)OCC3OC(n4cnc5c(N)ncnc54)CC3O)C(CO[P+](=O)S)O2)c(=O)[nH]c1=O. The second-order valence-electron chi connectivity index (χ2n) is 19.1. The number of aliphatic hydroxyl groups is 1. The lowest BCUT2D eigenvalue weighted by Gasteiger charge is -2.28. The molecule has 6 aromatic heterocycles. The fourth-order valence-corrected chi connectivity index (χ4v) is 14.4. The highest BCUT2D eigenvalue weighted by Crippen LogP contribution is 2.54. The number of nitrogens with one attached hydrogen (secondary N) is 3. The van der Waals surface area contributed by atoms with Gasteiger partial charge in [-0.15, -0.1) is 4.52 Å². The number of nitrogens with zero attached hydrogens (tertiary/aromatic N) is 9. The van der Waals surface area contributed by atoms with Crippen molar-refractivity contribution in [2.45, 2.75) is 113 Å². The molecule has 0 bridgehead atoms. The molecule has 0 radical (unpaired) electrons. The van der Waals surface area contributed by atoms with Crippen LogP contribution in [0.1, 0.15) is 61.7 Å². The molecule has 4 fully saturated rings. The van der Waals surface area contributed by atoms with Crippen LogP contribution in [0.25, 0.3) is 22.3 Å². The molecule has 11 N–H and O–H groups in total. The molecule has 16 unspecified atom stereocenters. The van der Waals surface area contributed by atoms with E-state index in [0.29, 0.717) is 11.2 Å². The van der Waals surface area contributed by atoms with Gasteiger partial charge in [0.1, 0.15) is 86.1 Å². The maximum absolute atomic E-state index is 13.1. The first-order chi connectivity index (χ1) is 39.2. The van der Waals surface area contributed by atoms with E-state index < -0.39 is 156 Å². The van der Waals surface area contributed by atoms with Gasteiger partial charge in [0, 0.05) is 49.2 Å². The van der Waals surface area contributed by atoms with Crippen LogP contribution in [0, 0.1) is 13.8 Å². The van der Waals surface area contributed by atoms with Gasteiger partial charge in [0.2, 0.25) is 5.95 Å². The summed E-state index contributed by atoms with van der Waals surface area (Å²) in [6.45, 7) is -12.5. The van der Waals surface area contributed by atoms with Gasteiger partial charge < -0.3 is 77.3 Å². The number of nitrogen functional groups attached to an aromatic ring is 2. The number of hydrogen-bond acceptors (Lipinski definition) is 28. The van der Waals surface area contributed by atoms with Crippen LogP contribution >= 0.6 is 39.6 Å². The zero-order valence-corrected chi connectivity index (χ0v) is 49.8. The Kier molecular flexibility index (Phi) is 18.4. The topological polar surface area (TPSA) is 468 Å². The fourth-order valence-electron chi connectivity index (χ4n) is 9.51. The first-order valence-electron chi connectivity index (χ1n) is 24.6. The van der Waals surface area contributed by atoms with Crippen LogP contribution in [-0.2, 0) is 90.6 Å². The largest absolute Gasteiger partial charge is 0.582 e. The standard InChI is InChI=1S/C40H50N14O21P4S4/c1-16-7-51(39(59)49-35(16)56)27-4-19(23(70-27)9-65-76(61)80)73-78(63,82)68-12-25-21(6-29(72-25)54-15-46-31-34(54)47-38(42)48-37(31)58)75-79(64,83)67-11-24-20(5-28(71-24)52-8-17(2)36(57)50-40(52)60)74-77(62,81)66-10-22-18(55)3-26(69-22)53-14-45-30-32(41)43-13-44-33(30)53/h7-8,13-15,18-29,55H,3-6,9-12H2,1-2H3,(H10-,41,42,43,44,47,48,49,50,56,57,58,59,60,61,62,63,64,80,81,82,83)/p+1. The molecule has 0 amide bonds. The lowest BCUT2D eigenvalue weighted by Crippen LogP contribution is -2.33. The first-order valence-corrected chi connectivity index (χ1v) is 34.7. The van der Waals surface area contributed by atoms with E-state index in [-0.39, 0.29) is 59.7 Å². The minimum absolute atomic E-state index is 0.0132. The summed E-state index contributed by atoms with van der Waals surface area (Å²) < 4.78 is 82.0. The summed E-state index contributed by atoms with van der Waals surface area (Å²) >= 11 is 20.1. The van der Waals surface area contributed by atoms with Crippen molar-refractivity contribution in [3.05, 3.63) is 94.5 Å². The third kappa shape index (κ3) is 14.1. The summed E-state index contributed by atoms with van der Waals surface area (Å²) in [4.78, 5) is 125. The Hall–Kier alpha value is -4.34. The van der Waals surface area contributed by atoms with Crippen molar-refractivity contribution >= 4 is 109 Å². The van der Waals surface area contributed by atoms with Crippen molar-refractivity contribution < 1.29 is 75.0 Å². The van der Waals surface area contributed by atoms with Crippen molar-refractivity contribution in [3.8, 4) is 0 Å². The van der Waals surface area contributed by atoms with Crippen molar-refractivity contribution in [2.75, 3.05) is 37.9 Å². The van der Waals surface area contributed by atoms with Gasteiger partial charge in [0.15, 0.2) is 22.6 Å².